The Hall–Kier alpha value is -2.11. The number of alkyl halides is 3. The van der Waals surface area contributed by atoms with Gasteiger partial charge in [-0.15, -0.1) is 0 Å². The number of hydrogen-bond acceptors (Lipinski definition) is 2. The second-order valence-electron chi connectivity index (χ2n) is 3.40. The summed E-state index contributed by atoms with van der Waals surface area (Å²) in [4.78, 5) is 11.4. The lowest BCUT2D eigenvalue weighted by molar-refractivity contribution is -0.166. The Bertz CT molecular complexity index is 643. The first-order chi connectivity index (χ1) is 7.89. The predicted octanol–water partition coefficient (Wildman–Crippen LogP) is 0.903. The molecule has 1 aromatic carbocycles. The highest BCUT2D eigenvalue weighted by Crippen LogP contribution is 2.20. The van der Waals surface area contributed by atoms with Gasteiger partial charge in [-0.25, -0.2) is 10.2 Å². The molecule has 0 aliphatic carbocycles. The standard InChI is InChI=1S/C11H6F3NO2/c12-11(13,14)9(15)7-5-6-3-1-2-4-8(6)17-10(7)16/h1-5,15H/p+1. The lowest BCUT2D eigenvalue weighted by atomic mass is 10.1. The number of para-hydroxylation sites is 1. The molecule has 6 heteroatoms. The third-order valence-electron chi connectivity index (χ3n) is 2.24. The zero-order valence-electron chi connectivity index (χ0n) is 8.41. The molecular weight excluding hydrogens is 235 g/mol. The maximum Gasteiger partial charge on any atom is 0.477 e. The van der Waals surface area contributed by atoms with Gasteiger partial charge in [-0.3, -0.25) is 0 Å². The van der Waals surface area contributed by atoms with Gasteiger partial charge in [0, 0.05) is 5.39 Å². The van der Waals surface area contributed by atoms with Crippen molar-refractivity contribution >= 4 is 16.7 Å². The largest absolute Gasteiger partial charge is 0.477 e. The molecule has 2 rings (SSSR count). The molecule has 0 saturated carbocycles. The Balaban J connectivity index is 2.67. The van der Waals surface area contributed by atoms with Crippen molar-refractivity contribution in [2.24, 2.45) is 0 Å². The van der Waals surface area contributed by atoms with E-state index in [1.54, 1.807) is 12.1 Å². The van der Waals surface area contributed by atoms with Gasteiger partial charge in [0.1, 0.15) is 11.1 Å². The molecule has 17 heavy (non-hydrogen) atoms. The van der Waals surface area contributed by atoms with Crippen molar-refractivity contribution in [1.82, 2.24) is 0 Å². The number of hydrogen-bond donors (Lipinski definition) is 1. The fraction of sp³-hybridized carbons (Fsp3) is 0.0909. The Labute approximate surface area is 93.0 Å². The third-order valence-corrected chi connectivity index (χ3v) is 2.24. The van der Waals surface area contributed by atoms with E-state index >= 15 is 0 Å². The molecule has 3 nitrogen and oxygen atoms in total. The topological polar surface area (TPSA) is 55.8 Å². The van der Waals surface area contributed by atoms with E-state index in [-0.39, 0.29) is 5.58 Å². The summed E-state index contributed by atoms with van der Waals surface area (Å²) in [5, 5.41) is 5.28. The van der Waals surface area contributed by atoms with E-state index in [2.05, 4.69) is 0 Å². The van der Waals surface area contributed by atoms with E-state index < -0.39 is 23.1 Å². The number of fused-ring (bicyclic) bond motifs is 1. The van der Waals surface area contributed by atoms with E-state index in [0.29, 0.717) is 5.39 Å². The lowest BCUT2D eigenvalue weighted by Gasteiger charge is -2.03. The van der Waals surface area contributed by atoms with E-state index in [1.807, 2.05) is 0 Å². The Kier molecular flexibility index (Phi) is 2.49. The lowest BCUT2D eigenvalue weighted by Crippen LogP contribution is -2.51. The summed E-state index contributed by atoms with van der Waals surface area (Å²) in [6.45, 7) is 0. The Morgan fingerprint density at radius 2 is 1.88 bits per heavy atom. The third kappa shape index (κ3) is 2.06. The molecule has 0 bridgehead atoms. The highest BCUT2D eigenvalue weighted by molar-refractivity contribution is 6.01. The number of halogens is 3. The molecule has 0 atom stereocenters. The molecule has 2 N–H and O–H groups in total. The molecule has 88 valence electrons. The monoisotopic (exact) mass is 242 g/mol. The highest BCUT2D eigenvalue weighted by atomic mass is 19.4. The van der Waals surface area contributed by atoms with Crippen LogP contribution < -0.4 is 11.0 Å². The zero-order valence-corrected chi connectivity index (χ0v) is 8.41. The second-order valence-corrected chi connectivity index (χ2v) is 3.40. The molecule has 0 unspecified atom stereocenters. The molecule has 0 spiro atoms. The summed E-state index contributed by atoms with van der Waals surface area (Å²) in [7, 11) is 0. The summed E-state index contributed by atoms with van der Waals surface area (Å²) in [6.07, 6.45) is -4.75. The molecule has 0 aliphatic rings. The van der Waals surface area contributed by atoms with Crippen molar-refractivity contribution in [2.45, 2.75) is 6.18 Å². The van der Waals surface area contributed by atoms with Crippen molar-refractivity contribution in [3.63, 3.8) is 0 Å². The molecule has 0 aliphatic heterocycles. The van der Waals surface area contributed by atoms with Gasteiger partial charge in [0.15, 0.2) is 0 Å². The van der Waals surface area contributed by atoms with Gasteiger partial charge in [0.2, 0.25) is 0 Å². The second kappa shape index (κ2) is 3.73. The minimum Gasteiger partial charge on any atom is -0.422 e. The Morgan fingerprint density at radius 1 is 1.24 bits per heavy atom. The molecule has 1 aromatic heterocycles. The molecule has 1 heterocycles. The average Bonchev–Trinajstić information content (AvgIpc) is 2.26. The van der Waals surface area contributed by atoms with Crippen LogP contribution in [0.5, 0.6) is 0 Å². The molecular formula is C11H7F3NO2+. The summed E-state index contributed by atoms with van der Waals surface area (Å²) in [5.74, 6) is 0. The van der Waals surface area contributed by atoms with Crippen LogP contribution in [0.3, 0.4) is 0 Å². The number of rotatable bonds is 1. The van der Waals surface area contributed by atoms with E-state index in [1.165, 1.54) is 12.1 Å². The SMILES string of the molecule is [NH2+]=C(c1cc2ccccc2oc1=O)C(F)(F)F. The van der Waals surface area contributed by atoms with Crippen LogP contribution in [0, 0.1) is 0 Å². The first-order valence-corrected chi connectivity index (χ1v) is 4.62. The maximum atomic E-state index is 12.4. The van der Waals surface area contributed by atoms with Gasteiger partial charge in [0.05, 0.1) is 0 Å². The predicted molar refractivity (Wildman–Crippen MR) is 54.6 cm³/mol. The van der Waals surface area contributed by atoms with Crippen molar-refractivity contribution < 1.29 is 23.0 Å². The van der Waals surface area contributed by atoms with Gasteiger partial charge in [-0.1, -0.05) is 18.2 Å². The van der Waals surface area contributed by atoms with E-state index in [0.717, 1.165) is 6.07 Å². The van der Waals surface area contributed by atoms with E-state index in [9.17, 15) is 18.0 Å². The number of benzene rings is 1. The van der Waals surface area contributed by atoms with Crippen molar-refractivity contribution in [3.8, 4) is 0 Å². The van der Waals surface area contributed by atoms with Crippen LogP contribution in [-0.4, -0.2) is 11.9 Å². The number of nitrogens with two attached hydrogens (primary N) is 1. The summed E-state index contributed by atoms with van der Waals surface area (Å²) >= 11 is 0. The first kappa shape index (κ1) is 11.4. The minimum absolute atomic E-state index is 0.219. The van der Waals surface area contributed by atoms with Crippen LogP contribution in [0.4, 0.5) is 13.2 Å². The van der Waals surface area contributed by atoms with Crippen LogP contribution in [0.15, 0.2) is 39.5 Å². The maximum absolute atomic E-state index is 12.4. The van der Waals surface area contributed by atoms with Crippen molar-refractivity contribution in [3.05, 3.63) is 46.3 Å². The fourth-order valence-corrected chi connectivity index (χ4v) is 1.40. The molecule has 0 fully saturated rings. The van der Waals surface area contributed by atoms with Gasteiger partial charge in [-0.05, 0) is 12.1 Å². The van der Waals surface area contributed by atoms with Crippen LogP contribution in [0.25, 0.3) is 11.0 Å². The fourth-order valence-electron chi connectivity index (χ4n) is 1.40. The minimum atomic E-state index is -4.75. The molecule has 2 aromatic rings. The van der Waals surface area contributed by atoms with E-state index in [4.69, 9.17) is 9.83 Å². The van der Waals surface area contributed by atoms with Crippen LogP contribution in [-0.2, 0) is 0 Å². The summed E-state index contributed by atoms with van der Waals surface area (Å²) in [6, 6.07) is 7.33. The van der Waals surface area contributed by atoms with Gasteiger partial charge in [-0.2, -0.15) is 13.2 Å². The summed E-state index contributed by atoms with van der Waals surface area (Å²) in [5.41, 5.74) is -3.00. The van der Waals surface area contributed by atoms with Crippen LogP contribution >= 0.6 is 0 Å². The smallest absolute Gasteiger partial charge is 0.422 e. The Morgan fingerprint density at radius 3 is 2.53 bits per heavy atom. The first-order valence-electron chi connectivity index (χ1n) is 4.62. The van der Waals surface area contributed by atoms with Gasteiger partial charge < -0.3 is 4.42 Å². The molecule has 0 saturated heterocycles. The normalized spacial score (nSPS) is 11.7. The van der Waals surface area contributed by atoms with Crippen LogP contribution in [0.1, 0.15) is 5.56 Å². The summed E-state index contributed by atoms with van der Waals surface area (Å²) < 4.78 is 41.9. The molecule has 0 radical (unpaired) electrons. The average molecular weight is 242 g/mol. The van der Waals surface area contributed by atoms with Gasteiger partial charge >= 0.3 is 11.8 Å². The van der Waals surface area contributed by atoms with Gasteiger partial charge in [0.25, 0.3) is 5.71 Å². The highest BCUT2D eigenvalue weighted by Gasteiger charge is 2.43. The quantitative estimate of drug-likeness (QED) is 0.596. The molecule has 0 amide bonds. The van der Waals surface area contributed by atoms with Crippen molar-refractivity contribution in [2.75, 3.05) is 0 Å². The zero-order chi connectivity index (χ0) is 12.6. The van der Waals surface area contributed by atoms with Crippen molar-refractivity contribution in [1.29, 1.82) is 0 Å². The van der Waals surface area contributed by atoms with Crippen LogP contribution in [0.2, 0.25) is 0 Å².